The molecular weight excluding hydrogens is 298 g/mol. The number of ketones is 1. The highest BCUT2D eigenvalue weighted by Crippen LogP contribution is 2.26. The number of urea groups is 1. The molecule has 0 saturated heterocycles. The molecule has 2 N–H and O–H groups in total. The van der Waals surface area contributed by atoms with Gasteiger partial charge in [0.25, 0.3) is 0 Å². The second kappa shape index (κ2) is 6.27. The van der Waals surface area contributed by atoms with Gasteiger partial charge in [-0.1, -0.05) is 32.9 Å². The van der Waals surface area contributed by atoms with Gasteiger partial charge in [0.1, 0.15) is 0 Å². The van der Waals surface area contributed by atoms with E-state index in [0.29, 0.717) is 16.4 Å². The zero-order valence-corrected chi connectivity index (χ0v) is 13.9. The van der Waals surface area contributed by atoms with Gasteiger partial charge in [0.15, 0.2) is 10.9 Å². The van der Waals surface area contributed by atoms with Crippen molar-refractivity contribution in [3.8, 4) is 0 Å². The molecule has 0 aliphatic heterocycles. The molecule has 0 unspecified atom stereocenters. The Kier molecular flexibility index (Phi) is 4.61. The first-order valence-electron chi connectivity index (χ1n) is 6.91. The molecule has 0 fully saturated rings. The maximum atomic E-state index is 12.0. The van der Waals surface area contributed by atoms with Crippen LogP contribution in [0, 0.1) is 0 Å². The highest BCUT2D eigenvalue weighted by molar-refractivity contribution is 7.14. The van der Waals surface area contributed by atoms with Gasteiger partial charge in [-0.15, -0.1) is 11.3 Å². The highest BCUT2D eigenvalue weighted by atomic mass is 32.1. The van der Waals surface area contributed by atoms with E-state index in [1.165, 1.54) is 18.3 Å². The van der Waals surface area contributed by atoms with Crippen molar-refractivity contribution in [1.82, 2.24) is 4.98 Å². The zero-order chi connectivity index (χ0) is 16.3. The lowest BCUT2D eigenvalue weighted by atomic mass is 9.93. The number of hydrogen-bond donors (Lipinski definition) is 2. The summed E-state index contributed by atoms with van der Waals surface area (Å²) in [4.78, 5) is 27.7. The fraction of sp³-hybridized carbons (Fsp3) is 0.312. The van der Waals surface area contributed by atoms with Crippen LogP contribution >= 0.6 is 11.3 Å². The summed E-state index contributed by atoms with van der Waals surface area (Å²) in [6.45, 7) is 7.69. The van der Waals surface area contributed by atoms with Gasteiger partial charge in [-0.25, -0.2) is 9.78 Å². The number of hydrogen-bond acceptors (Lipinski definition) is 4. The standard InChI is InChI=1S/C16H19N3O2S/c1-10(20)11-6-5-7-12(8-11)17-14(21)19-15-18-13(9-22-15)16(2,3)4/h5-9H,1-4H3,(H2,17,18,19,21). The lowest BCUT2D eigenvalue weighted by Gasteiger charge is -2.14. The van der Waals surface area contributed by atoms with Crippen LogP contribution in [0.2, 0.25) is 0 Å². The number of rotatable bonds is 3. The van der Waals surface area contributed by atoms with Gasteiger partial charge >= 0.3 is 6.03 Å². The van der Waals surface area contributed by atoms with Gasteiger partial charge in [0.2, 0.25) is 0 Å². The van der Waals surface area contributed by atoms with Gasteiger partial charge in [0, 0.05) is 22.0 Å². The molecule has 0 spiro atoms. The summed E-state index contributed by atoms with van der Waals surface area (Å²) < 4.78 is 0. The van der Waals surface area contributed by atoms with E-state index in [1.54, 1.807) is 24.3 Å². The van der Waals surface area contributed by atoms with Crippen LogP contribution in [0.3, 0.4) is 0 Å². The fourth-order valence-electron chi connectivity index (χ4n) is 1.75. The number of thiazole rings is 1. The first kappa shape index (κ1) is 16.2. The average molecular weight is 317 g/mol. The molecule has 5 nitrogen and oxygen atoms in total. The lowest BCUT2D eigenvalue weighted by molar-refractivity contribution is 0.101. The van der Waals surface area contributed by atoms with E-state index in [0.717, 1.165) is 5.69 Å². The predicted molar refractivity (Wildman–Crippen MR) is 89.9 cm³/mol. The summed E-state index contributed by atoms with van der Waals surface area (Å²) >= 11 is 1.39. The second-order valence-electron chi connectivity index (χ2n) is 6.00. The molecule has 0 aliphatic rings. The first-order chi connectivity index (χ1) is 10.3. The summed E-state index contributed by atoms with van der Waals surface area (Å²) in [5.74, 6) is -0.0428. The van der Waals surface area contributed by atoms with E-state index >= 15 is 0 Å². The maximum absolute atomic E-state index is 12.0. The van der Waals surface area contributed by atoms with E-state index in [2.05, 4.69) is 36.4 Å². The summed E-state index contributed by atoms with van der Waals surface area (Å²) in [6, 6.07) is 6.43. The largest absolute Gasteiger partial charge is 0.325 e. The number of nitrogens with zero attached hydrogens (tertiary/aromatic N) is 1. The fourth-order valence-corrected chi connectivity index (χ4v) is 2.68. The quantitative estimate of drug-likeness (QED) is 0.830. The number of anilines is 2. The molecule has 1 heterocycles. The van der Waals surface area contributed by atoms with E-state index in [1.807, 2.05) is 5.38 Å². The van der Waals surface area contributed by atoms with Crippen molar-refractivity contribution >= 4 is 34.0 Å². The van der Waals surface area contributed by atoms with Crippen molar-refractivity contribution in [1.29, 1.82) is 0 Å². The van der Waals surface area contributed by atoms with Gasteiger partial charge in [0.05, 0.1) is 5.69 Å². The van der Waals surface area contributed by atoms with Crippen molar-refractivity contribution in [3.05, 3.63) is 40.9 Å². The number of carbonyl (C=O) groups is 2. The number of carbonyl (C=O) groups excluding carboxylic acids is 2. The van der Waals surface area contributed by atoms with Crippen LogP contribution in [0.15, 0.2) is 29.6 Å². The van der Waals surface area contributed by atoms with Crippen LogP contribution in [0.25, 0.3) is 0 Å². The molecule has 1 aromatic heterocycles. The van der Waals surface area contributed by atoms with Crippen molar-refractivity contribution in [2.75, 3.05) is 10.6 Å². The normalized spacial score (nSPS) is 11.1. The molecule has 0 atom stereocenters. The van der Waals surface area contributed by atoms with Crippen LogP contribution in [0.1, 0.15) is 43.7 Å². The predicted octanol–water partition coefficient (Wildman–Crippen LogP) is 4.29. The number of nitrogens with one attached hydrogen (secondary N) is 2. The number of aromatic nitrogens is 1. The third kappa shape index (κ3) is 4.14. The number of benzene rings is 1. The van der Waals surface area contributed by atoms with Crippen molar-refractivity contribution in [2.45, 2.75) is 33.1 Å². The smallest absolute Gasteiger partial charge is 0.308 e. The third-order valence-corrected chi connectivity index (χ3v) is 3.78. The molecule has 6 heteroatoms. The second-order valence-corrected chi connectivity index (χ2v) is 6.86. The molecule has 0 radical (unpaired) electrons. The molecule has 1 aromatic carbocycles. The Morgan fingerprint density at radius 2 is 1.91 bits per heavy atom. The molecule has 22 heavy (non-hydrogen) atoms. The van der Waals surface area contributed by atoms with Crippen LogP contribution in [0.4, 0.5) is 15.6 Å². The van der Waals surface area contributed by atoms with E-state index in [4.69, 9.17) is 0 Å². The van der Waals surface area contributed by atoms with Crippen LogP contribution < -0.4 is 10.6 Å². The molecule has 2 amide bonds. The molecular formula is C16H19N3O2S. The maximum Gasteiger partial charge on any atom is 0.325 e. The third-order valence-electron chi connectivity index (χ3n) is 3.02. The van der Waals surface area contributed by atoms with Gasteiger partial charge in [-0.3, -0.25) is 10.1 Å². The molecule has 0 aliphatic carbocycles. The van der Waals surface area contributed by atoms with Crippen molar-refractivity contribution in [3.63, 3.8) is 0 Å². The summed E-state index contributed by atoms with van der Waals surface area (Å²) in [7, 11) is 0. The topological polar surface area (TPSA) is 71.1 Å². The van der Waals surface area contributed by atoms with E-state index < -0.39 is 0 Å². The average Bonchev–Trinajstić information content (AvgIpc) is 2.87. The number of Topliss-reactive ketones (excluding diaryl/α,β-unsaturated/α-hetero) is 1. The lowest BCUT2D eigenvalue weighted by Crippen LogP contribution is -2.20. The first-order valence-corrected chi connectivity index (χ1v) is 7.78. The van der Waals surface area contributed by atoms with Crippen molar-refractivity contribution in [2.24, 2.45) is 0 Å². The Bertz CT molecular complexity index is 701. The molecule has 0 bridgehead atoms. The monoisotopic (exact) mass is 317 g/mol. The van der Waals surface area contributed by atoms with E-state index in [9.17, 15) is 9.59 Å². The van der Waals surface area contributed by atoms with Crippen LogP contribution in [0.5, 0.6) is 0 Å². The van der Waals surface area contributed by atoms with Gasteiger partial charge in [-0.05, 0) is 19.1 Å². The Morgan fingerprint density at radius 3 is 2.50 bits per heavy atom. The summed E-state index contributed by atoms with van der Waals surface area (Å²) in [5.41, 5.74) is 2.01. The molecule has 0 saturated carbocycles. The highest BCUT2D eigenvalue weighted by Gasteiger charge is 2.18. The Labute approximate surface area is 133 Å². The van der Waals surface area contributed by atoms with Gasteiger partial charge in [-0.2, -0.15) is 0 Å². The SMILES string of the molecule is CC(=O)c1cccc(NC(=O)Nc2nc(C(C)(C)C)cs2)c1. The Hall–Kier alpha value is -2.21. The minimum absolute atomic E-state index is 0.0428. The van der Waals surface area contributed by atoms with Crippen LogP contribution in [-0.2, 0) is 5.41 Å². The Morgan fingerprint density at radius 1 is 1.18 bits per heavy atom. The molecule has 2 rings (SSSR count). The summed E-state index contributed by atoms with van der Waals surface area (Å²) in [5, 5.41) is 7.89. The molecule has 116 valence electrons. The van der Waals surface area contributed by atoms with Gasteiger partial charge < -0.3 is 5.32 Å². The van der Waals surface area contributed by atoms with E-state index in [-0.39, 0.29) is 17.2 Å². The summed E-state index contributed by atoms with van der Waals surface area (Å²) in [6.07, 6.45) is 0. The minimum Gasteiger partial charge on any atom is -0.308 e. The van der Waals surface area contributed by atoms with Crippen LogP contribution in [-0.4, -0.2) is 16.8 Å². The molecule has 2 aromatic rings. The Balaban J connectivity index is 2.03. The zero-order valence-electron chi connectivity index (χ0n) is 13.1. The number of amides is 2. The van der Waals surface area contributed by atoms with Crippen molar-refractivity contribution < 1.29 is 9.59 Å². The minimum atomic E-state index is -0.379.